The van der Waals surface area contributed by atoms with E-state index in [1.54, 1.807) is 40.9 Å². The summed E-state index contributed by atoms with van der Waals surface area (Å²) in [5.74, 6) is -0.561. The highest BCUT2D eigenvalue weighted by Gasteiger charge is 2.32. The minimum absolute atomic E-state index is 0.0868. The van der Waals surface area contributed by atoms with Gasteiger partial charge in [0.2, 0.25) is 9.84 Å². The molecule has 14 heteroatoms. The summed E-state index contributed by atoms with van der Waals surface area (Å²) in [6.07, 6.45) is 3.58. The molecule has 0 aromatic carbocycles. The smallest absolute Gasteiger partial charge is 0.407 e. The minimum Gasteiger partial charge on any atom is -0.462 e. The number of piperidine rings is 1. The molecule has 4 heterocycles. The lowest BCUT2D eigenvalue weighted by atomic mass is 10.0. The van der Waals surface area contributed by atoms with Gasteiger partial charge in [0.15, 0.2) is 10.1 Å². The van der Waals surface area contributed by atoms with Crippen molar-refractivity contribution in [3.63, 3.8) is 0 Å². The van der Waals surface area contributed by atoms with Crippen LogP contribution in [0.3, 0.4) is 0 Å². The molecule has 12 nitrogen and oxygen atoms in total. The number of esters is 1. The van der Waals surface area contributed by atoms with Crippen molar-refractivity contribution < 1.29 is 27.5 Å². The Morgan fingerprint density at radius 3 is 2.50 bits per heavy atom. The van der Waals surface area contributed by atoms with Crippen LogP contribution in [-0.2, 0) is 26.4 Å². The van der Waals surface area contributed by atoms with E-state index in [1.807, 2.05) is 4.90 Å². The predicted octanol–water partition coefficient (Wildman–Crippen LogP) is 3.33. The summed E-state index contributed by atoms with van der Waals surface area (Å²) >= 11 is 3.50. The third-order valence-corrected chi connectivity index (χ3v) is 8.16. The molecule has 1 aliphatic heterocycles. The van der Waals surface area contributed by atoms with Gasteiger partial charge in [0, 0.05) is 36.8 Å². The summed E-state index contributed by atoms with van der Waals surface area (Å²) in [5, 5.41) is 11.1. The van der Waals surface area contributed by atoms with Crippen LogP contribution in [0.2, 0.25) is 0 Å². The van der Waals surface area contributed by atoms with Gasteiger partial charge in [-0.2, -0.15) is 10.2 Å². The zero-order chi connectivity index (χ0) is 27.8. The van der Waals surface area contributed by atoms with Crippen molar-refractivity contribution in [2.45, 2.75) is 62.2 Å². The van der Waals surface area contributed by atoms with Gasteiger partial charge in [0.25, 0.3) is 0 Å². The summed E-state index contributed by atoms with van der Waals surface area (Å²) in [6.45, 7) is 8.28. The molecule has 4 rings (SSSR count). The van der Waals surface area contributed by atoms with Gasteiger partial charge in [0.05, 0.1) is 18.5 Å². The topological polar surface area (TPSA) is 137 Å². The monoisotopic (exact) mass is 610 g/mol. The molecule has 206 valence electrons. The van der Waals surface area contributed by atoms with Gasteiger partial charge in [-0.1, -0.05) is 0 Å². The lowest BCUT2D eigenvalue weighted by Gasteiger charge is -2.35. The van der Waals surface area contributed by atoms with Crippen LogP contribution in [0.4, 0.5) is 10.5 Å². The second kappa shape index (κ2) is 10.6. The number of aryl methyl sites for hydroxylation is 1. The number of fused-ring (bicyclic) bond motifs is 1. The van der Waals surface area contributed by atoms with Gasteiger partial charge in [0.1, 0.15) is 16.7 Å². The van der Waals surface area contributed by atoms with Crippen molar-refractivity contribution >= 4 is 49.0 Å². The third-order valence-electron chi connectivity index (χ3n) is 5.95. The Kier molecular flexibility index (Phi) is 7.75. The van der Waals surface area contributed by atoms with E-state index in [9.17, 15) is 18.0 Å². The maximum absolute atomic E-state index is 13.4. The normalized spacial score (nSPS) is 15.1. The van der Waals surface area contributed by atoms with Crippen LogP contribution >= 0.6 is 15.9 Å². The Labute approximate surface area is 229 Å². The fourth-order valence-electron chi connectivity index (χ4n) is 4.32. The highest BCUT2D eigenvalue weighted by molar-refractivity contribution is 9.10. The average Bonchev–Trinajstić information content (AvgIpc) is 3.42. The number of carbonyl (C=O) groups is 2. The molecular weight excluding hydrogens is 580 g/mol. The van der Waals surface area contributed by atoms with Crippen LogP contribution in [0.5, 0.6) is 0 Å². The SMILES string of the molecule is CCOC(=O)c1cnn2c(S(=O)(=O)c3ccn(C)n3)cc(Br)c2c1N1CCC(NC(=O)OC(C)(C)C)CC1. The van der Waals surface area contributed by atoms with E-state index >= 15 is 0 Å². The summed E-state index contributed by atoms with van der Waals surface area (Å²) in [7, 11) is -2.38. The van der Waals surface area contributed by atoms with Crippen LogP contribution < -0.4 is 10.2 Å². The number of alkyl carbamates (subject to hydrolysis) is 1. The van der Waals surface area contributed by atoms with E-state index in [2.05, 4.69) is 31.4 Å². The first-order valence-corrected chi connectivity index (χ1v) is 14.5. The number of nitrogens with one attached hydrogen (secondary N) is 1. The molecule has 0 bridgehead atoms. The maximum atomic E-state index is 13.4. The largest absolute Gasteiger partial charge is 0.462 e. The highest BCUT2D eigenvalue weighted by Crippen LogP contribution is 2.37. The van der Waals surface area contributed by atoms with Crippen molar-refractivity contribution in [2.24, 2.45) is 7.05 Å². The molecule has 1 amide bonds. The Morgan fingerprint density at radius 2 is 1.92 bits per heavy atom. The molecule has 1 fully saturated rings. The van der Waals surface area contributed by atoms with Gasteiger partial charge in [-0.25, -0.2) is 22.5 Å². The van der Waals surface area contributed by atoms with Crippen molar-refractivity contribution in [1.82, 2.24) is 24.7 Å². The Balaban J connectivity index is 1.72. The molecule has 38 heavy (non-hydrogen) atoms. The van der Waals surface area contributed by atoms with E-state index in [-0.39, 0.29) is 28.3 Å². The first-order chi connectivity index (χ1) is 17.8. The van der Waals surface area contributed by atoms with Crippen molar-refractivity contribution in [3.05, 3.63) is 34.6 Å². The van der Waals surface area contributed by atoms with E-state index in [4.69, 9.17) is 9.47 Å². The Bertz CT molecular complexity index is 1470. The molecule has 0 spiro atoms. The first kappa shape index (κ1) is 27.9. The number of nitrogens with zero attached hydrogens (tertiary/aromatic N) is 5. The van der Waals surface area contributed by atoms with Crippen LogP contribution in [0.15, 0.2) is 39.1 Å². The van der Waals surface area contributed by atoms with Gasteiger partial charge in [-0.3, -0.25) is 4.68 Å². The molecule has 0 aliphatic carbocycles. The van der Waals surface area contributed by atoms with Crippen molar-refractivity contribution in [3.8, 4) is 0 Å². The number of aromatic nitrogens is 4. The molecule has 1 N–H and O–H groups in total. The number of ether oxygens (including phenoxy) is 2. The van der Waals surface area contributed by atoms with Gasteiger partial charge < -0.3 is 19.7 Å². The molecule has 3 aromatic heterocycles. The molecule has 0 atom stereocenters. The number of hydrogen-bond donors (Lipinski definition) is 1. The first-order valence-electron chi connectivity index (χ1n) is 12.2. The third kappa shape index (κ3) is 5.65. The second-order valence-corrected chi connectivity index (χ2v) is 12.7. The highest BCUT2D eigenvalue weighted by atomic mass is 79.9. The molecule has 0 unspecified atom stereocenters. The van der Waals surface area contributed by atoms with Gasteiger partial charge >= 0.3 is 12.1 Å². The molecule has 1 saturated heterocycles. The zero-order valence-corrected chi connectivity index (χ0v) is 24.3. The molecular formula is C24H31BrN6O6S. The Morgan fingerprint density at radius 1 is 1.24 bits per heavy atom. The lowest BCUT2D eigenvalue weighted by molar-refractivity contribution is 0.0495. The summed E-state index contributed by atoms with van der Waals surface area (Å²) < 4.78 is 40.6. The van der Waals surface area contributed by atoms with E-state index in [0.717, 1.165) is 0 Å². The van der Waals surface area contributed by atoms with Crippen molar-refractivity contribution in [1.29, 1.82) is 0 Å². The minimum atomic E-state index is -4.01. The zero-order valence-electron chi connectivity index (χ0n) is 21.9. The average molecular weight is 612 g/mol. The van der Waals surface area contributed by atoms with Crippen LogP contribution in [0.25, 0.3) is 5.52 Å². The summed E-state index contributed by atoms with van der Waals surface area (Å²) in [4.78, 5) is 27.1. The maximum Gasteiger partial charge on any atom is 0.407 e. The number of sulfone groups is 1. The molecule has 3 aromatic rings. The van der Waals surface area contributed by atoms with Crippen LogP contribution in [0.1, 0.15) is 50.9 Å². The fraction of sp³-hybridized carbons (Fsp3) is 0.500. The lowest BCUT2D eigenvalue weighted by Crippen LogP contribution is -2.46. The van der Waals surface area contributed by atoms with Crippen molar-refractivity contribution in [2.75, 3.05) is 24.6 Å². The fourth-order valence-corrected chi connectivity index (χ4v) is 6.37. The second-order valence-electron chi connectivity index (χ2n) is 9.96. The predicted molar refractivity (Wildman–Crippen MR) is 142 cm³/mol. The number of halogens is 1. The molecule has 0 saturated carbocycles. The van der Waals surface area contributed by atoms with E-state index in [0.29, 0.717) is 41.6 Å². The van der Waals surface area contributed by atoms with E-state index in [1.165, 1.54) is 27.5 Å². The van der Waals surface area contributed by atoms with Crippen LogP contribution in [-0.4, -0.2) is 71.2 Å². The number of rotatable bonds is 6. The number of anilines is 1. The molecule has 0 radical (unpaired) electrons. The number of hydrogen-bond acceptors (Lipinski definition) is 9. The number of carbonyl (C=O) groups excluding carboxylic acids is 2. The standard InChI is InChI=1S/C24H31BrN6O6S/c1-6-36-22(32)16-14-26-31-19(38(34,35)18-9-10-29(5)28-18)13-17(25)21(31)20(16)30-11-7-15(8-12-30)27-23(33)37-24(2,3)4/h9-10,13-15H,6-8,11-12H2,1-5H3,(H,27,33). The quantitative estimate of drug-likeness (QED) is 0.416. The summed E-state index contributed by atoms with van der Waals surface area (Å²) in [6, 6.07) is 2.76. The van der Waals surface area contributed by atoms with Crippen LogP contribution in [0, 0.1) is 0 Å². The van der Waals surface area contributed by atoms with E-state index < -0.39 is 27.5 Å². The molecule has 1 aliphatic rings. The Hall–Kier alpha value is -3.13. The summed E-state index contributed by atoms with van der Waals surface area (Å²) in [5.41, 5.74) is 0.543. The van der Waals surface area contributed by atoms with Gasteiger partial charge in [-0.05, 0) is 68.6 Å². The van der Waals surface area contributed by atoms with Gasteiger partial charge in [-0.15, -0.1) is 0 Å². The number of amides is 1.